The van der Waals surface area contributed by atoms with E-state index in [0.29, 0.717) is 16.1 Å². The van der Waals surface area contributed by atoms with Crippen molar-refractivity contribution < 1.29 is 8.42 Å². The third-order valence-corrected chi connectivity index (χ3v) is 6.72. The highest BCUT2D eigenvalue weighted by molar-refractivity contribution is 7.89. The van der Waals surface area contributed by atoms with Gasteiger partial charge in [0.1, 0.15) is 0 Å². The van der Waals surface area contributed by atoms with Gasteiger partial charge in [0.05, 0.1) is 4.90 Å². The fourth-order valence-electron chi connectivity index (χ4n) is 3.21. The summed E-state index contributed by atoms with van der Waals surface area (Å²) in [4.78, 5) is 0.393. The minimum atomic E-state index is -3.48. The number of nitrogen functional groups attached to an aromatic ring is 1. The first-order valence-corrected chi connectivity index (χ1v) is 8.64. The summed E-state index contributed by atoms with van der Waals surface area (Å²) in [5, 5.41) is 0. The van der Waals surface area contributed by atoms with Crippen molar-refractivity contribution in [1.29, 1.82) is 0 Å². The van der Waals surface area contributed by atoms with Gasteiger partial charge in [0, 0.05) is 17.8 Å². The average Bonchev–Trinajstić information content (AvgIpc) is 2.76. The van der Waals surface area contributed by atoms with Crippen molar-refractivity contribution in [3.8, 4) is 0 Å². The van der Waals surface area contributed by atoms with Gasteiger partial charge in [-0.3, -0.25) is 0 Å². The second-order valence-electron chi connectivity index (χ2n) is 5.75. The monoisotopic (exact) mass is 296 g/mol. The molecule has 1 aromatic carbocycles. The van der Waals surface area contributed by atoms with E-state index in [0.717, 1.165) is 24.8 Å². The van der Waals surface area contributed by atoms with Crippen molar-refractivity contribution >= 4 is 15.7 Å². The molecule has 112 valence electrons. The SMILES string of the molecule is CCC1CCC(C)N1S(=O)(=O)c1c(C)ccc(N)c1C. The molecule has 1 fully saturated rings. The van der Waals surface area contributed by atoms with Crippen LogP contribution in [0.4, 0.5) is 5.69 Å². The summed E-state index contributed by atoms with van der Waals surface area (Å²) in [5.74, 6) is 0. The number of sulfonamides is 1. The first-order valence-electron chi connectivity index (χ1n) is 7.19. The van der Waals surface area contributed by atoms with Crippen LogP contribution in [0.15, 0.2) is 17.0 Å². The van der Waals surface area contributed by atoms with Gasteiger partial charge in [-0.05, 0) is 57.2 Å². The molecule has 2 rings (SSSR count). The summed E-state index contributed by atoms with van der Waals surface area (Å²) in [6.07, 6.45) is 2.72. The highest BCUT2D eigenvalue weighted by atomic mass is 32.2. The fourth-order valence-corrected chi connectivity index (χ4v) is 5.63. The quantitative estimate of drug-likeness (QED) is 0.872. The topological polar surface area (TPSA) is 63.4 Å². The van der Waals surface area contributed by atoms with E-state index in [1.807, 2.05) is 20.8 Å². The Morgan fingerprint density at radius 1 is 1.30 bits per heavy atom. The molecule has 0 aromatic heterocycles. The van der Waals surface area contributed by atoms with Gasteiger partial charge in [0.2, 0.25) is 10.0 Å². The number of hydrogen-bond acceptors (Lipinski definition) is 3. The average molecular weight is 296 g/mol. The molecule has 1 aliphatic rings. The lowest BCUT2D eigenvalue weighted by molar-refractivity contribution is 0.328. The number of benzene rings is 1. The maximum absolute atomic E-state index is 13.1. The lowest BCUT2D eigenvalue weighted by Crippen LogP contribution is -2.40. The van der Waals surface area contributed by atoms with Crippen molar-refractivity contribution in [2.45, 2.75) is 63.9 Å². The highest BCUT2D eigenvalue weighted by Gasteiger charge is 2.40. The minimum absolute atomic E-state index is 0.0604. The Labute approximate surface area is 122 Å². The van der Waals surface area contributed by atoms with E-state index in [1.165, 1.54) is 0 Å². The molecule has 1 aliphatic heterocycles. The fraction of sp³-hybridized carbons (Fsp3) is 0.600. The van der Waals surface area contributed by atoms with Crippen LogP contribution in [0.1, 0.15) is 44.2 Å². The van der Waals surface area contributed by atoms with Gasteiger partial charge < -0.3 is 5.73 Å². The molecule has 0 radical (unpaired) electrons. The van der Waals surface area contributed by atoms with Crippen LogP contribution in [0, 0.1) is 13.8 Å². The van der Waals surface area contributed by atoms with Gasteiger partial charge >= 0.3 is 0 Å². The second kappa shape index (κ2) is 5.37. The molecule has 1 heterocycles. The predicted octanol–water partition coefficient (Wildman–Crippen LogP) is 2.84. The molecule has 2 atom stereocenters. The van der Waals surface area contributed by atoms with E-state index in [9.17, 15) is 8.42 Å². The third-order valence-electron chi connectivity index (χ3n) is 4.36. The Balaban J connectivity index is 2.59. The van der Waals surface area contributed by atoms with Gasteiger partial charge in [-0.15, -0.1) is 0 Å². The van der Waals surface area contributed by atoms with E-state index in [-0.39, 0.29) is 12.1 Å². The Morgan fingerprint density at radius 3 is 2.55 bits per heavy atom. The Kier molecular flexibility index (Phi) is 4.12. The molecule has 1 saturated heterocycles. The smallest absolute Gasteiger partial charge is 0.244 e. The molecule has 4 nitrogen and oxygen atoms in total. The molecule has 1 aromatic rings. The summed E-state index contributed by atoms with van der Waals surface area (Å²) < 4.78 is 27.9. The predicted molar refractivity (Wildman–Crippen MR) is 82.1 cm³/mol. The van der Waals surface area contributed by atoms with Crippen molar-refractivity contribution in [2.24, 2.45) is 0 Å². The molecule has 0 spiro atoms. The van der Waals surface area contributed by atoms with Crippen LogP contribution in [-0.4, -0.2) is 24.8 Å². The largest absolute Gasteiger partial charge is 0.398 e. The molecule has 0 amide bonds. The first kappa shape index (κ1) is 15.3. The Bertz CT molecular complexity index is 611. The van der Waals surface area contributed by atoms with Gasteiger partial charge in [-0.2, -0.15) is 4.31 Å². The Hall–Kier alpha value is -1.07. The zero-order chi connectivity index (χ0) is 15.1. The van der Waals surface area contributed by atoms with Crippen molar-refractivity contribution in [3.05, 3.63) is 23.3 Å². The Morgan fingerprint density at radius 2 is 1.95 bits per heavy atom. The van der Waals surface area contributed by atoms with Crippen LogP contribution in [0.25, 0.3) is 0 Å². The molecule has 2 unspecified atom stereocenters. The van der Waals surface area contributed by atoms with E-state index in [1.54, 1.807) is 23.4 Å². The zero-order valence-corrected chi connectivity index (χ0v) is 13.5. The third kappa shape index (κ3) is 2.33. The molecule has 0 saturated carbocycles. The summed E-state index contributed by atoms with van der Waals surface area (Å²) in [6.45, 7) is 7.66. The summed E-state index contributed by atoms with van der Waals surface area (Å²) in [5.41, 5.74) is 7.87. The van der Waals surface area contributed by atoms with Crippen LogP contribution < -0.4 is 5.73 Å². The molecule has 5 heteroatoms. The highest BCUT2D eigenvalue weighted by Crippen LogP contribution is 2.35. The van der Waals surface area contributed by atoms with Gasteiger partial charge in [0.25, 0.3) is 0 Å². The van der Waals surface area contributed by atoms with E-state index in [2.05, 4.69) is 0 Å². The van der Waals surface area contributed by atoms with E-state index in [4.69, 9.17) is 5.73 Å². The standard InChI is InChI=1S/C15H24N2O2S/c1-5-13-8-7-11(3)17(13)20(18,19)15-10(2)6-9-14(16)12(15)4/h6,9,11,13H,5,7-8,16H2,1-4H3. The van der Waals surface area contributed by atoms with Crippen LogP contribution >= 0.6 is 0 Å². The van der Waals surface area contributed by atoms with Crippen LogP contribution in [0.3, 0.4) is 0 Å². The van der Waals surface area contributed by atoms with Crippen LogP contribution in [0.5, 0.6) is 0 Å². The number of aryl methyl sites for hydroxylation is 1. The number of nitrogens with zero attached hydrogens (tertiary/aromatic N) is 1. The molecule has 0 bridgehead atoms. The van der Waals surface area contributed by atoms with E-state index >= 15 is 0 Å². The summed E-state index contributed by atoms with van der Waals surface area (Å²) in [7, 11) is -3.48. The first-order chi connectivity index (χ1) is 9.30. The van der Waals surface area contributed by atoms with E-state index < -0.39 is 10.0 Å². The van der Waals surface area contributed by atoms with Crippen molar-refractivity contribution in [1.82, 2.24) is 4.31 Å². The number of rotatable bonds is 3. The molecule has 0 aliphatic carbocycles. The second-order valence-corrected chi connectivity index (χ2v) is 7.53. The lowest BCUT2D eigenvalue weighted by atomic mass is 10.1. The van der Waals surface area contributed by atoms with Gasteiger partial charge in [-0.25, -0.2) is 8.42 Å². The van der Waals surface area contributed by atoms with Crippen molar-refractivity contribution in [2.75, 3.05) is 5.73 Å². The van der Waals surface area contributed by atoms with Crippen LogP contribution in [0.2, 0.25) is 0 Å². The lowest BCUT2D eigenvalue weighted by Gasteiger charge is -2.28. The van der Waals surface area contributed by atoms with Gasteiger partial charge in [-0.1, -0.05) is 13.0 Å². The zero-order valence-electron chi connectivity index (χ0n) is 12.7. The minimum Gasteiger partial charge on any atom is -0.398 e. The maximum atomic E-state index is 13.1. The normalized spacial score (nSPS) is 24.2. The molecule has 20 heavy (non-hydrogen) atoms. The molecular weight excluding hydrogens is 272 g/mol. The van der Waals surface area contributed by atoms with Crippen LogP contribution in [-0.2, 0) is 10.0 Å². The molecular formula is C15H24N2O2S. The number of nitrogens with two attached hydrogens (primary N) is 1. The summed E-state index contributed by atoms with van der Waals surface area (Å²) in [6, 6.07) is 3.73. The maximum Gasteiger partial charge on any atom is 0.244 e. The number of hydrogen-bond donors (Lipinski definition) is 1. The van der Waals surface area contributed by atoms with Crippen molar-refractivity contribution in [3.63, 3.8) is 0 Å². The number of anilines is 1. The summed E-state index contributed by atoms with van der Waals surface area (Å²) >= 11 is 0. The van der Waals surface area contributed by atoms with Gasteiger partial charge in [0.15, 0.2) is 0 Å². The molecule has 2 N–H and O–H groups in total.